The van der Waals surface area contributed by atoms with E-state index in [0.717, 1.165) is 32.6 Å². The summed E-state index contributed by atoms with van der Waals surface area (Å²) in [6.45, 7) is 4.14. The van der Waals surface area contributed by atoms with Crippen LogP contribution in [-0.4, -0.2) is 65.1 Å². The van der Waals surface area contributed by atoms with E-state index in [2.05, 4.69) is 9.88 Å². The van der Waals surface area contributed by atoms with E-state index in [-0.39, 0.29) is 12.5 Å². The lowest BCUT2D eigenvalue weighted by atomic mass is 10.3. The fraction of sp³-hybridized carbons (Fsp3) is 0.636. The molecule has 1 fully saturated rings. The van der Waals surface area contributed by atoms with Gasteiger partial charge >= 0.3 is 0 Å². The van der Waals surface area contributed by atoms with Crippen LogP contribution in [0, 0.1) is 0 Å². The van der Waals surface area contributed by atoms with Crippen molar-refractivity contribution in [1.29, 1.82) is 0 Å². The molecule has 17 heavy (non-hydrogen) atoms. The van der Waals surface area contributed by atoms with Gasteiger partial charge in [0.05, 0.1) is 12.1 Å². The van der Waals surface area contributed by atoms with Crippen molar-refractivity contribution < 1.29 is 9.90 Å². The average Bonchev–Trinajstić information content (AvgIpc) is 2.76. The van der Waals surface area contributed by atoms with Crippen molar-refractivity contribution in [1.82, 2.24) is 14.8 Å². The van der Waals surface area contributed by atoms with Crippen LogP contribution in [0.25, 0.3) is 0 Å². The van der Waals surface area contributed by atoms with E-state index in [1.54, 1.807) is 10.9 Å². The summed E-state index contributed by atoms with van der Waals surface area (Å²) in [5.41, 5.74) is 2.23. The quantitative estimate of drug-likeness (QED) is 0.843. The Morgan fingerprint density at radius 1 is 1.41 bits per heavy atom. The first-order valence-electron chi connectivity index (χ1n) is 5.82. The lowest BCUT2D eigenvalue weighted by molar-refractivity contribution is 0.0755. The minimum atomic E-state index is 0.0251. The minimum Gasteiger partial charge on any atom is -0.395 e. The number of carbonyl (C=O) groups excluding carboxylic acids is 1. The molecule has 6 heteroatoms. The fourth-order valence-electron chi connectivity index (χ4n) is 2.02. The zero-order valence-corrected chi connectivity index (χ0v) is 10.5. The predicted molar refractivity (Wildman–Crippen MR) is 66.2 cm³/mol. The number of aliphatic hydroxyl groups is 1. The van der Waals surface area contributed by atoms with Gasteiger partial charge in [0.1, 0.15) is 5.69 Å². The minimum absolute atomic E-state index is 0.0251. The van der Waals surface area contributed by atoms with Crippen LogP contribution in [0.2, 0.25) is 0 Å². The molecule has 0 aromatic carbocycles. The molecule has 1 N–H and O–H groups in total. The lowest BCUT2D eigenvalue weighted by Crippen LogP contribution is -2.36. The number of amides is 1. The molecule has 1 saturated heterocycles. The molecule has 1 aromatic heterocycles. The van der Waals surface area contributed by atoms with Crippen LogP contribution >= 0.6 is 11.3 Å². The second-order valence-electron chi connectivity index (χ2n) is 4.08. The Morgan fingerprint density at radius 3 is 3.00 bits per heavy atom. The predicted octanol–water partition coefficient (Wildman–Crippen LogP) is 0.283. The number of aliphatic hydroxyl groups excluding tert-OH is 1. The van der Waals surface area contributed by atoms with Crippen molar-refractivity contribution in [3.63, 3.8) is 0 Å². The summed E-state index contributed by atoms with van der Waals surface area (Å²) >= 11 is 1.44. The summed E-state index contributed by atoms with van der Waals surface area (Å²) in [4.78, 5) is 20.2. The highest BCUT2D eigenvalue weighted by Crippen LogP contribution is 2.09. The van der Waals surface area contributed by atoms with Gasteiger partial charge in [0, 0.05) is 31.6 Å². The molecular formula is C11H17N3O2S. The van der Waals surface area contributed by atoms with E-state index in [1.807, 2.05) is 4.90 Å². The standard InChI is InChI=1S/C11H17N3O2S/c15-7-6-13-2-1-3-14(5-4-13)11(16)10-8-17-9-12-10/h8-9,15H,1-7H2. The molecule has 5 nitrogen and oxygen atoms in total. The molecule has 1 aromatic rings. The zero-order valence-electron chi connectivity index (χ0n) is 9.71. The molecule has 0 spiro atoms. The summed E-state index contributed by atoms with van der Waals surface area (Å²) in [5.74, 6) is 0.0251. The highest BCUT2D eigenvalue weighted by Gasteiger charge is 2.20. The van der Waals surface area contributed by atoms with E-state index in [9.17, 15) is 4.79 Å². The largest absolute Gasteiger partial charge is 0.395 e. The van der Waals surface area contributed by atoms with Crippen molar-refractivity contribution in [2.24, 2.45) is 0 Å². The number of hydrogen-bond acceptors (Lipinski definition) is 5. The van der Waals surface area contributed by atoms with Crippen LogP contribution in [-0.2, 0) is 0 Å². The molecule has 2 rings (SSSR count). The van der Waals surface area contributed by atoms with Gasteiger partial charge in [0.25, 0.3) is 5.91 Å². The van der Waals surface area contributed by atoms with Crippen molar-refractivity contribution in [3.05, 3.63) is 16.6 Å². The molecule has 0 unspecified atom stereocenters. The van der Waals surface area contributed by atoms with Gasteiger partial charge in [-0.1, -0.05) is 0 Å². The fourth-order valence-corrected chi connectivity index (χ4v) is 2.55. The second kappa shape index (κ2) is 6.09. The number of aromatic nitrogens is 1. The highest BCUT2D eigenvalue weighted by atomic mass is 32.1. The number of rotatable bonds is 3. The average molecular weight is 255 g/mol. The van der Waals surface area contributed by atoms with Gasteiger partial charge in [-0.15, -0.1) is 11.3 Å². The Kier molecular flexibility index (Phi) is 4.47. The maximum absolute atomic E-state index is 12.1. The molecule has 1 aliphatic rings. The molecule has 2 heterocycles. The lowest BCUT2D eigenvalue weighted by Gasteiger charge is -2.20. The van der Waals surface area contributed by atoms with Crippen LogP contribution in [0.3, 0.4) is 0 Å². The molecule has 0 bridgehead atoms. The molecule has 0 saturated carbocycles. The third-order valence-electron chi connectivity index (χ3n) is 2.94. The maximum Gasteiger partial charge on any atom is 0.273 e. The third-order valence-corrected chi connectivity index (χ3v) is 3.53. The Balaban J connectivity index is 1.92. The number of thiazole rings is 1. The van der Waals surface area contributed by atoms with E-state index in [4.69, 9.17) is 5.11 Å². The Hall–Kier alpha value is -0.980. The van der Waals surface area contributed by atoms with Gasteiger partial charge in [-0.05, 0) is 13.0 Å². The van der Waals surface area contributed by atoms with Gasteiger partial charge in [0.15, 0.2) is 0 Å². The van der Waals surface area contributed by atoms with Gasteiger partial charge < -0.3 is 10.0 Å². The Labute approximate surface area is 105 Å². The third kappa shape index (κ3) is 3.24. The van der Waals surface area contributed by atoms with Crippen LogP contribution in [0.4, 0.5) is 0 Å². The number of carbonyl (C=O) groups is 1. The second-order valence-corrected chi connectivity index (χ2v) is 4.80. The van der Waals surface area contributed by atoms with Crippen LogP contribution in [0.15, 0.2) is 10.9 Å². The molecule has 0 atom stereocenters. The summed E-state index contributed by atoms with van der Waals surface area (Å²) < 4.78 is 0. The van der Waals surface area contributed by atoms with E-state index in [1.165, 1.54) is 11.3 Å². The summed E-state index contributed by atoms with van der Waals surface area (Å²) in [6, 6.07) is 0. The highest BCUT2D eigenvalue weighted by molar-refractivity contribution is 7.07. The van der Waals surface area contributed by atoms with Gasteiger partial charge in [-0.2, -0.15) is 0 Å². The van der Waals surface area contributed by atoms with Crippen molar-refractivity contribution in [2.75, 3.05) is 39.3 Å². The normalized spacial score (nSPS) is 18.1. The topological polar surface area (TPSA) is 56.7 Å². The molecular weight excluding hydrogens is 238 g/mol. The van der Waals surface area contributed by atoms with E-state index >= 15 is 0 Å². The first-order chi connectivity index (χ1) is 8.31. The Morgan fingerprint density at radius 2 is 2.29 bits per heavy atom. The van der Waals surface area contributed by atoms with Crippen molar-refractivity contribution >= 4 is 17.2 Å². The van der Waals surface area contributed by atoms with Gasteiger partial charge in [-0.3, -0.25) is 9.69 Å². The molecule has 94 valence electrons. The van der Waals surface area contributed by atoms with Crippen LogP contribution in [0.5, 0.6) is 0 Å². The maximum atomic E-state index is 12.1. The molecule has 1 aliphatic heterocycles. The van der Waals surface area contributed by atoms with E-state index < -0.39 is 0 Å². The first-order valence-corrected chi connectivity index (χ1v) is 6.76. The number of β-amino-alcohol motifs (C(OH)–C–C–N with tert-alkyl or cyclic N) is 1. The molecule has 0 radical (unpaired) electrons. The summed E-state index contributed by atoms with van der Waals surface area (Å²) in [6.07, 6.45) is 0.954. The van der Waals surface area contributed by atoms with Crippen molar-refractivity contribution in [2.45, 2.75) is 6.42 Å². The molecule has 1 amide bonds. The van der Waals surface area contributed by atoms with Gasteiger partial charge in [0.2, 0.25) is 0 Å². The zero-order chi connectivity index (χ0) is 12.1. The first kappa shape index (κ1) is 12.5. The Bertz CT molecular complexity index is 356. The smallest absolute Gasteiger partial charge is 0.273 e. The SMILES string of the molecule is O=C(c1cscn1)N1CCCN(CCO)CC1. The van der Waals surface area contributed by atoms with Crippen molar-refractivity contribution in [3.8, 4) is 0 Å². The van der Waals surface area contributed by atoms with E-state index in [0.29, 0.717) is 12.2 Å². The summed E-state index contributed by atoms with van der Waals surface area (Å²) in [7, 11) is 0. The van der Waals surface area contributed by atoms with Gasteiger partial charge in [-0.25, -0.2) is 4.98 Å². The monoisotopic (exact) mass is 255 g/mol. The molecule has 0 aliphatic carbocycles. The summed E-state index contributed by atoms with van der Waals surface area (Å²) in [5, 5.41) is 10.7. The van der Waals surface area contributed by atoms with Crippen LogP contribution < -0.4 is 0 Å². The van der Waals surface area contributed by atoms with Crippen LogP contribution in [0.1, 0.15) is 16.9 Å². The number of nitrogens with zero attached hydrogens (tertiary/aromatic N) is 3. The number of hydrogen-bond donors (Lipinski definition) is 1.